The minimum absolute atomic E-state index is 0.660. The molecule has 1 saturated heterocycles. The summed E-state index contributed by atoms with van der Waals surface area (Å²) < 4.78 is 4.27. The summed E-state index contributed by atoms with van der Waals surface area (Å²) in [5, 5.41) is 17.8. The molecule has 0 spiro atoms. The Morgan fingerprint density at radius 2 is 2.00 bits per heavy atom. The Morgan fingerprint density at radius 1 is 1.15 bits per heavy atom. The molecule has 0 amide bonds. The Labute approximate surface area is 198 Å². The van der Waals surface area contributed by atoms with Crippen molar-refractivity contribution in [3.8, 4) is 34.4 Å². The summed E-state index contributed by atoms with van der Waals surface area (Å²) >= 11 is 0. The summed E-state index contributed by atoms with van der Waals surface area (Å²) in [6, 6.07) is 14.3. The quantitative estimate of drug-likeness (QED) is 0.418. The van der Waals surface area contributed by atoms with E-state index in [9.17, 15) is 0 Å². The summed E-state index contributed by atoms with van der Waals surface area (Å²) in [7, 11) is 4.28. The number of aromatic nitrogens is 5. The van der Waals surface area contributed by atoms with Gasteiger partial charge in [0.2, 0.25) is 0 Å². The third-order valence-electron chi connectivity index (χ3n) is 6.81. The number of rotatable bonds is 4. The van der Waals surface area contributed by atoms with Crippen LogP contribution in [0.5, 0.6) is 0 Å². The van der Waals surface area contributed by atoms with Crippen molar-refractivity contribution in [3.05, 3.63) is 66.2 Å². The molecule has 0 unspecified atom stereocenters. The van der Waals surface area contributed by atoms with Crippen LogP contribution in [0.2, 0.25) is 0 Å². The fraction of sp³-hybridized carbons (Fsp3) is 0.308. The number of nitrogens with zero attached hydrogens (tertiary/aromatic N) is 8. The highest BCUT2D eigenvalue weighted by molar-refractivity contribution is 5.72. The maximum Gasteiger partial charge on any atom is 0.185 e. The molecular formula is C26H26N8. The number of hydrogen-bond donors (Lipinski definition) is 0. The summed E-state index contributed by atoms with van der Waals surface area (Å²) in [5.41, 5.74) is 6.07. The smallest absolute Gasteiger partial charge is 0.185 e. The third kappa shape index (κ3) is 3.55. The molecule has 3 aromatic heterocycles. The van der Waals surface area contributed by atoms with Crippen LogP contribution in [-0.2, 0) is 6.54 Å². The van der Waals surface area contributed by atoms with Gasteiger partial charge in [-0.2, -0.15) is 5.26 Å². The van der Waals surface area contributed by atoms with Gasteiger partial charge in [0.15, 0.2) is 5.82 Å². The van der Waals surface area contributed by atoms with Crippen LogP contribution in [0.3, 0.4) is 0 Å². The Morgan fingerprint density at radius 3 is 2.79 bits per heavy atom. The molecule has 2 aliphatic heterocycles. The van der Waals surface area contributed by atoms with E-state index in [1.165, 1.54) is 12.0 Å². The monoisotopic (exact) mass is 450 g/mol. The topological polar surface area (TPSA) is 78.8 Å². The summed E-state index contributed by atoms with van der Waals surface area (Å²) in [5.74, 6) is 2.52. The van der Waals surface area contributed by atoms with Crippen LogP contribution < -0.4 is 4.90 Å². The molecule has 0 N–H and O–H groups in total. The molecule has 8 nitrogen and oxygen atoms in total. The van der Waals surface area contributed by atoms with Crippen molar-refractivity contribution in [1.29, 1.82) is 5.26 Å². The zero-order chi connectivity index (χ0) is 23.2. The molecule has 2 aliphatic rings. The van der Waals surface area contributed by atoms with Gasteiger partial charge in [-0.1, -0.05) is 12.1 Å². The maximum atomic E-state index is 9.11. The van der Waals surface area contributed by atoms with Crippen molar-refractivity contribution in [2.24, 2.45) is 5.92 Å². The van der Waals surface area contributed by atoms with Crippen LogP contribution in [0.1, 0.15) is 17.5 Å². The lowest BCUT2D eigenvalue weighted by atomic mass is 10.1. The third-order valence-corrected chi connectivity index (χ3v) is 6.81. The zero-order valence-electron chi connectivity index (χ0n) is 19.4. The van der Waals surface area contributed by atoms with Gasteiger partial charge in [0.1, 0.15) is 12.1 Å². The van der Waals surface area contributed by atoms with Gasteiger partial charge in [0.05, 0.1) is 29.2 Å². The normalized spacial score (nSPS) is 16.6. The van der Waals surface area contributed by atoms with Gasteiger partial charge in [0.25, 0.3) is 0 Å². The molecule has 1 aromatic carbocycles. The fourth-order valence-corrected chi connectivity index (χ4v) is 5.19. The van der Waals surface area contributed by atoms with E-state index in [4.69, 9.17) is 10.2 Å². The van der Waals surface area contributed by atoms with Gasteiger partial charge >= 0.3 is 0 Å². The SMILES string of the molecule is CN(C)C[C@@H]1CCN(c2cc3c(cn2)-n2cnnc2-c2cc(-c4ccc(C#N)cc4)cn2C3)C1. The number of hydrogen-bond acceptors (Lipinski definition) is 6. The molecule has 6 rings (SSSR count). The maximum absolute atomic E-state index is 9.11. The molecule has 1 atom stereocenters. The molecular weight excluding hydrogens is 424 g/mol. The highest BCUT2D eigenvalue weighted by Crippen LogP contribution is 2.35. The van der Waals surface area contributed by atoms with E-state index in [0.29, 0.717) is 11.5 Å². The van der Waals surface area contributed by atoms with E-state index < -0.39 is 0 Å². The van der Waals surface area contributed by atoms with Crippen molar-refractivity contribution in [3.63, 3.8) is 0 Å². The zero-order valence-corrected chi connectivity index (χ0v) is 19.4. The second-order valence-electron chi connectivity index (χ2n) is 9.49. The molecule has 34 heavy (non-hydrogen) atoms. The van der Waals surface area contributed by atoms with E-state index in [0.717, 1.165) is 60.3 Å². The van der Waals surface area contributed by atoms with Crippen LogP contribution in [0.15, 0.2) is 55.1 Å². The van der Waals surface area contributed by atoms with Crippen molar-refractivity contribution >= 4 is 5.82 Å². The number of fused-ring (bicyclic) bond motifs is 5. The lowest BCUT2D eigenvalue weighted by Gasteiger charge is -2.20. The first-order chi connectivity index (χ1) is 16.6. The van der Waals surface area contributed by atoms with Gasteiger partial charge in [-0.05, 0) is 56.3 Å². The van der Waals surface area contributed by atoms with E-state index in [1.54, 1.807) is 6.33 Å². The van der Waals surface area contributed by atoms with Crippen LogP contribution in [0.4, 0.5) is 5.82 Å². The van der Waals surface area contributed by atoms with Gasteiger partial charge in [-0.15, -0.1) is 10.2 Å². The molecule has 0 bridgehead atoms. The Balaban J connectivity index is 1.36. The number of nitriles is 1. The van der Waals surface area contributed by atoms with E-state index in [-0.39, 0.29) is 0 Å². The van der Waals surface area contributed by atoms with Gasteiger partial charge in [-0.3, -0.25) is 4.57 Å². The van der Waals surface area contributed by atoms with E-state index in [2.05, 4.69) is 63.1 Å². The second-order valence-corrected chi connectivity index (χ2v) is 9.49. The molecule has 0 saturated carbocycles. The van der Waals surface area contributed by atoms with Crippen LogP contribution >= 0.6 is 0 Å². The number of anilines is 1. The molecule has 0 aliphatic carbocycles. The minimum Gasteiger partial charge on any atom is -0.356 e. The first kappa shape index (κ1) is 20.6. The lowest BCUT2D eigenvalue weighted by molar-refractivity contribution is 0.340. The van der Waals surface area contributed by atoms with Crippen molar-refractivity contribution in [2.45, 2.75) is 13.0 Å². The predicted molar refractivity (Wildman–Crippen MR) is 131 cm³/mol. The standard InChI is InChI=1S/C26H26N8/c1-31(2)13-19-7-8-32(14-19)25-10-22-16-33-15-21(20-5-3-18(11-27)4-6-20)9-23(33)26-30-29-17-34(26)24(22)12-28-25/h3-6,9-10,12,15,17,19H,7-8,13-14,16H2,1-2H3/t19-/m0/s1. The molecule has 1 fully saturated rings. The average molecular weight is 451 g/mol. The van der Waals surface area contributed by atoms with Crippen molar-refractivity contribution in [1.82, 2.24) is 29.2 Å². The Bertz CT molecular complexity index is 1390. The first-order valence-electron chi connectivity index (χ1n) is 11.6. The number of pyridine rings is 1. The molecule has 5 heterocycles. The van der Waals surface area contributed by atoms with Gasteiger partial charge < -0.3 is 14.4 Å². The van der Waals surface area contributed by atoms with Crippen molar-refractivity contribution < 1.29 is 0 Å². The second kappa shape index (κ2) is 8.12. The van der Waals surface area contributed by atoms with Crippen LogP contribution in [0, 0.1) is 17.2 Å². The molecule has 170 valence electrons. The van der Waals surface area contributed by atoms with E-state index in [1.807, 2.05) is 35.0 Å². The van der Waals surface area contributed by atoms with Crippen molar-refractivity contribution in [2.75, 3.05) is 38.6 Å². The van der Waals surface area contributed by atoms with E-state index >= 15 is 0 Å². The average Bonchev–Trinajstić information content (AvgIpc) is 3.57. The fourth-order valence-electron chi connectivity index (χ4n) is 5.19. The number of benzene rings is 1. The van der Waals surface area contributed by atoms with Crippen LogP contribution in [0.25, 0.3) is 28.3 Å². The predicted octanol–water partition coefficient (Wildman–Crippen LogP) is 3.42. The highest BCUT2D eigenvalue weighted by atomic mass is 15.3. The van der Waals surface area contributed by atoms with Gasteiger partial charge in [0, 0.05) is 43.5 Å². The summed E-state index contributed by atoms with van der Waals surface area (Å²) in [6.07, 6.45) is 7.09. The molecule has 0 radical (unpaired) electrons. The summed E-state index contributed by atoms with van der Waals surface area (Å²) in [6.45, 7) is 3.92. The van der Waals surface area contributed by atoms with Gasteiger partial charge in [-0.25, -0.2) is 4.98 Å². The minimum atomic E-state index is 0.660. The van der Waals surface area contributed by atoms with Crippen LogP contribution in [-0.4, -0.2) is 62.9 Å². The molecule has 8 heteroatoms. The first-order valence-corrected chi connectivity index (χ1v) is 11.6. The largest absolute Gasteiger partial charge is 0.356 e. The molecule has 4 aromatic rings. The highest BCUT2D eigenvalue weighted by Gasteiger charge is 2.27. The Kier molecular flexibility index (Phi) is 4.93. The summed E-state index contributed by atoms with van der Waals surface area (Å²) in [4.78, 5) is 9.51. The Hall–Kier alpha value is -3.96. The lowest BCUT2D eigenvalue weighted by Crippen LogP contribution is -2.26.